The van der Waals surface area contributed by atoms with Gasteiger partial charge in [-0.25, -0.2) is 0 Å². The van der Waals surface area contributed by atoms with Crippen LogP contribution >= 0.6 is 0 Å². The average molecular weight is 242 g/mol. The Morgan fingerprint density at radius 3 is 2.47 bits per heavy atom. The largest absolute Gasteiger partial charge is 0.372 e. The molecule has 1 fully saturated rings. The highest BCUT2D eigenvalue weighted by Gasteiger charge is 2.25. The van der Waals surface area contributed by atoms with Crippen LogP contribution in [0.1, 0.15) is 39.5 Å². The number of likely N-dealkylation sites (N-methyl/N-ethyl adjacent to an activating group) is 1. The summed E-state index contributed by atoms with van der Waals surface area (Å²) in [4.78, 5) is 13.7. The SMILES string of the molecule is CCNC1CCC(N(C)C(=O)COCC)CC1. The molecule has 0 aromatic heterocycles. The van der Waals surface area contributed by atoms with Gasteiger partial charge in [0.1, 0.15) is 6.61 Å². The normalized spacial score (nSPS) is 24.6. The van der Waals surface area contributed by atoms with E-state index in [9.17, 15) is 4.79 Å². The first-order chi connectivity index (χ1) is 8.19. The lowest BCUT2D eigenvalue weighted by atomic mass is 9.90. The van der Waals surface area contributed by atoms with Crippen molar-refractivity contribution in [3.63, 3.8) is 0 Å². The summed E-state index contributed by atoms with van der Waals surface area (Å²) < 4.78 is 5.16. The summed E-state index contributed by atoms with van der Waals surface area (Å²) in [6, 6.07) is 1.05. The molecule has 1 aliphatic rings. The predicted molar refractivity (Wildman–Crippen MR) is 69.0 cm³/mol. The van der Waals surface area contributed by atoms with Gasteiger partial charge in [0.05, 0.1) is 0 Å². The quantitative estimate of drug-likeness (QED) is 0.765. The highest BCUT2D eigenvalue weighted by Crippen LogP contribution is 2.22. The second-order valence-electron chi connectivity index (χ2n) is 4.70. The van der Waals surface area contributed by atoms with Crippen LogP contribution < -0.4 is 5.32 Å². The lowest BCUT2D eigenvalue weighted by Gasteiger charge is -2.35. The van der Waals surface area contributed by atoms with Crippen LogP contribution in [0.25, 0.3) is 0 Å². The predicted octanol–water partition coefficient (Wildman–Crippen LogP) is 1.40. The lowest BCUT2D eigenvalue weighted by molar-refractivity contribution is -0.137. The second-order valence-corrected chi connectivity index (χ2v) is 4.70. The first-order valence-corrected chi connectivity index (χ1v) is 6.75. The maximum Gasteiger partial charge on any atom is 0.248 e. The molecular formula is C13H26N2O2. The number of hydrogen-bond donors (Lipinski definition) is 1. The Bertz CT molecular complexity index is 225. The van der Waals surface area contributed by atoms with Gasteiger partial charge >= 0.3 is 0 Å². The van der Waals surface area contributed by atoms with Gasteiger partial charge in [-0.2, -0.15) is 0 Å². The molecule has 0 unspecified atom stereocenters. The van der Waals surface area contributed by atoms with Gasteiger partial charge in [0, 0.05) is 25.7 Å². The fourth-order valence-corrected chi connectivity index (χ4v) is 2.45. The number of amides is 1. The Morgan fingerprint density at radius 2 is 1.94 bits per heavy atom. The van der Waals surface area contributed by atoms with E-state index < -0.39 is 0 Å². The van der Waals surface area contributed by atoms with Crippen molar-refractivity contribution in [3.8, 4) is 0 Å². The Kier molecular flexibility index (Phi) is 6.52. The molecule has 0 atom stereocenters. The van der Waals surface area contributed by atoms with Crippen LogP contribution in [0, 0.1) is 0 Å². The highest BCUT2D eigenvalue weighted by atomic mass is 16.5. The Balaban J connectivity index is 2.29. The van der Waals surface area contributed by atoms with Gasteiger partial charge in [-0.05, 0) is 39.2 Å². The van der Waals surface area contributed by atoms with Gasteiger partial charge in [-0.15, -0.1) is 0 Å². The Hall–Kier alpha value is -0.610. The zero-order valence-electron chi connectivity index (χ0n) is 11.4. The topological polar surface area (TPSA) is 41.6 Å². The molecule has 1 saturated carbocycles. The van der Waals surface area contributed by atoms with Crippen LogP contribution in [0.2, 0.25) is 0 Å². The molecule has 17 heavy (non-hydrogen) atoms. The summed E-state index contributed by atoms with van der Waals surface area (Å²) in [6.45, 7) is 5.92. The molecule has 0 aliphatic heterocycles. The number of hydrogen-bond acceptors (Lipinski definition) is 3. The molecule has 0 spiro atoms. The van der Waals surface area contributed by atoms with Crippen LogP contribution in [-0.4, -0.2) is 49.7 Å². The van der Waals surface area contributed by atoms with Gasteiger partial charge < -0.3 is 15.0 Å². The van der Waals surface area contributed by atoms with Gasteiger partial charge in [0.2, 0.25) is 5.91 Å². The lowest BCUT2D eigenvalue weighted by Crippen LogP contribution is -2.44. The summed E-state index contributed by atoms with van der Waals surface area (Å²) in [5, 5.41) is 3.48. The van der Waals surface area contributed by atoms with E-state index >= 15 is 0 Å². The fourth-order valence-electron chi connectivity index (χ4n) is 2.45. The zero-order valence-corrected chi connectivity index (χ0v) is 11.4. The van der Waals surface area contributed by atoms with E-state index in [0.29, 0.717) is 18.7 Å². The third-order valence-electron chi connectivity index (χ3n) is 3.56. The first-order valence-electron chi connectivity index (χ1n) is 6.75. The van der Waals surface area contributed by atoms with Gasteiger partial charge in [-0.3, -0.25) is 4.79 Å². The molecule has 4 heteroatoms. The second kappa shape index (κ2) is 7.67. The van der Waals surface area contributed by atoms with Crippen molar-refractivity contribution >= 4 is 5.91 Å². The molecule has 1 aliphatic carbocycles. The monoisotopic (exact) mass is 242 g/mol. The van der Waals surface area contributed by atoms with Crippen molar-refractivity contribution in [1.29, 1.82) is 0 Å². The average Bonchev–Trinajstić information content (AvgIpc) is 2.36. The van der Waals surface area contributed by atoms with E-state index in [1.807, 2.05) is 18.9 Å². The van der Waals surface area contributed by atoms with Crippen molar-refractivity contribution in [3.05, 3.63) is 0 Å². The van der Waals surface area contributed by atoms with Crippen molar-refractivity contribution < 1.29 is 9.53 Å². The number of nitrogens with one attached hydrogen (secondary N) is 1. The maximum absolute atomic E-state index is 11.8. The van der Waals surface area contributed by atoms with E-state index in [4.69, 9.17) is 4.74 Å². The van der Waals surface area contributed by atoms with Crippen LogP contribution in [0.5, 0.6) is 0 Å². The van der Waals surface area contributed by atoms with Crippen molar-refractivity contribution in [2.75, 3.05) is 26.8 Å². The number of carbonyl (C=O) groups is 1. The van der Waals surface area contributed by atoms with Crippen LogP contribution in [0.3, 0.4) is 0 Å². The molecule has 0 radical (unpaired) electrons. The van der Waals surface area contributed by atoms with Crippen LogP contribution in [0.4, 0.5) is 0 Å². The van der Waals surface area contributed by atoms with Gasteiger partial charge in [0.25, 0.3) is 0 Å². The molecule has 4 nitrogen and oxygen atoms in total. The number of carbonyl (C=O) groups excluding carboxylic acids is 1. The molecule has 0 bridgehead atoms. The molecule has 0 saturated heterocycles. The van der Waals surface area contributed by atoms with Gasteiger partial charge in [-0.1, -0.05) is 6.92 Å². The van der Waals surface area contributed by atoms with Crippen molar-refractivity contribution in [1.82, 2.24) is 10.2 Å². The Labute approximate surface area is 105 Å². The summed E-state index contributed by atoms with van der Waals surface area (Å²) in [5.74, 6) is 0.110. The minimum atomic E-state index is 0.110. The summed E-state index contributed by atoms with van der Waals surface area (Å²) in [6.07, 6.45) is 4.55. The van der Waals surface area contributed by atoms with Crippen molar-refractivity contribution in [2.24, 2.45) is 0 Å². The maximum atomic E-state index is 11.8. The smallest absolute Gasteiger partial charge is 0.248 e. The molecule has 0 aromatic carbocycles. The third kappa shape index (κ3) is 4.64. The van der Waals surface area contributed by atoms with E-state index in [-0.39, 0.29) is 12.5 Å². The summed E-state index contributed by atoms with van der Waals surface area (Å²) in [5.41, 5.74) is 0. The molecule has 0 aromatic rings. The molecule has 100 valence electrons. The van der Waals surface area contributed by atoms with Crippen LogP contribution in [-0.2, 0) is 9.53 Å². The minimum Gasteiger partial charge on any atom is -0.372 e. The minimum absolute atomic E-state index is 0.110. The van der Waals surface area contributed by atoms with E-state index in [0.717, 1.165) is 19.4 Å². The number of rotatable bonds is 6. The van der Waals surface area contributed by atoms with E-state index in [2.05, 4.69) is 12.2 Å². The summed E-state index contributed by atoms with van der Waals surface area (Å²) in [7, 11) is 1.90. The van der Waals surface area contributed by atoms with E-state index in [1.54, 1.807) is 0 Å². The molecule has 0 heterocycles. The van der Waals surface area contributed by atoms with Crippen LogP contribution in [0.15, 0.2) is 0 Å². The molecule has 1 rings (SSSR count). The molecular weight excluding hydrogens is 216 g/mol. The first kappa shape index (κ1) is 14.5. The molecule has 1 amide bonds. The number of nitrogens with zero attached hydrogens (tertiary/aromatic N) is 1. The zero-order chi connectivity index (χ0) is 12.7. The van der Waals surface area contributed by atoms with E-state index in [1.165, 1.54) is 12.8 Å². The fraction of sp³-hybridized carbons (Fsp3) is 0.923. The van der Waals surface area contributed by atoms with Gasteiger partial charge in [0.15, 0.2) is 0 Å². The standard InChI is InChI=1S/C13H26N2O2/c1-4-14-11-6-8-12(9-7-11)15(3)13(16)10-17-5-2/h11-12,14H,4-10H2,1-3H3. The highest BCUT2D eigenvalue weighted by molar-refractivity contribution is 5.77. The Morgan fingerprint density at radius 1 is 1.29 bits per heavy atom. The summed E-state index contributed by atoms with van der Waals surface area (Å²) >= 11 is 0. The molecule has 1 N–H and O–H groups in total. The number of ether oxygens (including phenoxy) is 1. The van der Waals surface area contributed by atoms with Crippen molar-refractivity contribution in [2.45, 2.75) is 51.6 Å². The third-order valence-corrected chi connectivity index (χ3v) is 3.56.